The molecule has 0 atom stereocenters. The van der Waals surface area contributed by atoms with Gasteiger partial charge in [-0.2, -0.15) is 0 Å². The maximum Gasteiger partial charge on any atom is 0.343 e. The van der Waals surface area contributed by atoms with Crippen LogP contribution in [0.5, 0.6) is 0 Å². The van der Waals surface area contributed by atoms with Crippen LogP contribution >= 0.6 is 11.8 Å². The van der Waals surface area contributed by atoms with Crippen LogP contribution in [0.15, 0.2) is 27.5 Å². The molecule has 0 saturated heterocycles. The minimum atomic E-state index is -0.251. The second-order valence-electron chi connectivity index (χ2n) is 3.38. The minimum Gasteiger partial charge on any atom is -0.316 e. The third-order valence-corrected chi connectivity index (χ3v) is 3.02. The monoisotopic (exact) mass is 252 g/mol. The van der Waals surface area contributed by atoms with Crippen LogP contribution in [-0.2, 0) is 13.6 Å². The van der Waals surface area contributed by atoms with Crippen LogP contribution in [0, 0.1) is 0 Å². The van der Waals surface area contributed by atoms with Gasteiger partial charge >= 0.3 is 5.69 Å². The van der Waals surface area contributed by atoms with Crippen molar-refractivity contribution in [2.75, 3.05) is 7.05 Å². The molecule has 90 valence electrons. The van der Waals surface area contributed by atoms with E-state index in [0.717, 1.165) is 12.1 Å². The van der Waals surface area contributed by atoms with Crippen LogP contribution in [-0.4, -0.2) is 31.8 Å². The quantitative estimate of drug-likeness (QED) is 0.731. The van der Waals surface area contributed by atoms with Crippen molar-refractivity contribution in [1.82, 2.24) is 30.0 Å². The van der Waals surface area contributed by atoms with E-state index in [9.17, 15) is 4.79 Å². The molecule has 2 aromatic rings. The number of rotatable bonds is 4. The van der Waals surface area contributed by atoms with E-state index in [1.165, 1.54) is 16.3 Å². The SMILES string of the molecule is CNCc1cnc(Sc2n[nH]c(=O)n2C)nc1. The molecule has 17 heavy (non-hydrogen) atoms. The zero-order valence-corrected chi connectivity index (χ0v) is 10.3. The molecular weight excluding hydrogens is 240 g/mol. The first-order chi connectivity index (χ1) is 8.20. The molecule has 0 aliphatic heterocycles. The van der Waals surface area contributed by atoms with E-state index in [2.05, 4.69) is 25.5 Å². The highest BCUT2D eigenvalue weighted by Crippen LogP contribution is 2.19. The van der Waals surface area contributed by atoms with Gasteiger partial charge in [0.2, 0.25) is 0 Å². The Balaban J connectivity index is 2.14. The molecule has 0 aliphatic carbocycles. The summed E-state index contributed by atoms with van der Waals surface area (Å²) in [7, 11) is 3.51. The van der Waals surface area contributed by atoms with Gasteiger partial charge in [-0.3, -0.25) is 4.57 Å². The lowest BCUT2D eigenvalue weighted by Crippen LogP contribution is -2.12. The number of hydrogen-bond acceptors (Lipinski definition) is 6. The number of nitrogens with zero attached hydrogens (tertiary/aromatic N) is 4. The highest BCUT2D eigenvalue weighted by atomic mass is 32.2. The lowest BCUT2D eigenvalue weighted by Gasteiger charge is -2.00. The molecule has 2 aromatic heterocycles. The Morgan fingerprint density at radius 3 is 2.71 bits per heavy atom. The number of aromatic nitrogens is 5. The van der Waals surface area contributed by atoms with Crippen molar-refractivity contribution < 1.29 is 0 Å². The molecule has 0 fully saturated rings. The summed E-state index contributed by atoms with van der Waals surface area (Å²) in [5.41, 5.74) is 0.757. The second-order valence-corrected chi connectivity index (χ2v) is 4.31. The maximum absolute atomic E-state index is 11.2. The molecule has 0 saturated carbocycles. The molecule has 0 bridgehead atoms. The zero-order chi connectivity index (χ0) is 12.3. The molecular formula is C9H12N6OS. The molecule has 7 nitrogen and oxygen atoms in total. The normalized spacial score (nSPS) is 10.7. The predicted molar refractivity (Wildman–Crippen MR) is 62.7 cm³/mol. The first-order valence-corrected chi connectivity index (χ1v) is 5.77. The highest BCUT2D eigenvalue weighted by Gasteiger charge is 2.08. The summed E-state index contributed by atoms with van der Waals surface area (Å²) in [5.74, 6) is 0. The highest BCUT2D eigenvalue weighted by molar-refractivity contribution is 7.99. The molecule has 0 spiro atoms. The molecule has 0 radical (unpaired) electrons. The molecule has 2 N–H and O–H groups in total. The van der Waals surface area contributed by atoms with Gasteiger partial charge in [0, 0.05) is 31.5 Å². The Kier molecular flexibility index (Phi) is 3.55. The van der Waals surface area contributed by atoms with Crippen molar-refractivity contribution in [3.8, 4) is 0 Å². The van der Waals surface area contributed by atoms with E-state index in [0.29, 0.717) is 10.3 Å². The van der Waals surface area contributed by atoms with Crippen LogP contribution < -0.4 is 11.0 Å². The topological polar surface area (TPSA) is 88.5 Å². The third kappa shape index (κ3) is 2.71. The summed E-state index contributed by atoms with van der Waals surface area (Å²) in [6.07, 6.45) is 3.49. The Hall–Kier alpha value is -1.67. The van der Waals surface area contributed by atoms with Crippen LogP contribution in [0.1, 0.15) is 5.56 Å². The van der Waals surface area contributed by atoms with E-state index in [1.54, 1.807) is 19.4 Å². The van der Waals surface area contributed by atoms with E-state index in [1.807, 2.05) is 7.05 Å². The largest absolute Gasteiger partial charge is 0.343 e. The summed E-state index contributed by atoms with van der Waals surface area (Å²) in [6.45, 7) is 0.728. The molecule has 2 heterocycles. The van der Waals surface area contributed by atoms with Crippen LogP contribution in [0.25, 0.3) is 0 Å². The van der Waals surface area contributed by atoms with Gasteiger partial charge in [0.05, 0.1) is 0 Å². The Morgan fingerprint density at radius 2 is 2.18 bits per heavy atom. The van der Waals surface area contributed by atoms with Crippen molar-refractivity contribution in [3.05, 3.63) is 28.4 Å². The van der Waals surface area contributed by atoms with Crippen molar-refractivity contribution in [3.63, 3.8) is 0 Å². The van der Waals surface area contributed by atoms with Crippen LogP contribution in [0.3, 0.4) is 0 Å². The lowest BCUT2D eigenvalue weighted by molar-refractivity contribution is 0.759. The first-order valence-electron chi connectivity index (χ1n) is 4.95. The number of nitrogens with one attached hydrogen (secondary N) is 2. The van der Waals surface area contributed by atoms with Crippen molar-refractivity contribution in [1.29, 1.82) is 0 Å². The average Bonchev–Trinajstić information content (AvgIpc) is 2.64. The van der Waals surface area contributed by atoms with Crippen molar-refractivity contribution >= 4 is 11.8 Å². The Bertz CT molecular complexity index is 545. The van der Waals surface area contributed by atoms with E-state index < -0.39 is 0 Å². The van der Waals surface area contributed by atoms with Gasteiger partial charge in [-0.15, -0.1) is 5.10 Å². The molecule has 0 aliphatic rings. The van der Waals surface area contributed by atoms with E-state index in [-0.39, 0.29) is 5.69 Å². The molecule has 0 aromatic carbocycles. The van der Waals surface area contributed by atoms with Gasteiger partial charge in [-0.1, -0.05) is 0 Å². The van der Waals surface area contributed by atoms with Gasteiger partial charge in [-0.05, 0) is 18.8 Å². The molecule has 2 rings (SSSR count). The molecule has 0 unspecified atom stereocenters. The maximum atomic E-state index is 11.2. The second kappa shape index (κ2) is 5.11. The minimum absolute atomic E-state index is 0.251. The fourth-order valence-electron chi connectivity index (χ4n) is 1.20. The van der Waals surface area contributed by atoms with Crippen LogP contribution in [0.4, 0.5) is 0 Å². The predicted octanol–water partition coefficient (Wildman–Crippen LogP) is -0.231. The first kappa shape index (κ1) is 11.8. The number of aromatic amines is 1. The molecule has 0 amide bonds. The summed E-state index contributed by atoms with van der Waals surface area (Å²) in [6, 6.07) is 0. The molecule has 8 heteroatoms. The standard InChI is InChI=1S/C9H12N6OS/c1-10-3-6-4-11-7(12-5-6)17-9-14-13-8(16)15(9)2/h4-5,10H,3H2,1-2H3,(H,13,16). The fraction of sp³-hybridized carbons (Fsp3) is 0.333. The number of H-pyrrole nitrogens is 1. The average molecular weight is 252 g/mol. The zero-order valence-electron chi connectivity index (χ0n) is 9.47. The summed E-state index contributed by atoms with van der Waals surface area (Å²) in [5, 5.41) is 10.3. The fourth-order valence-corrected chi connectivity index (χ4v) is 1.88. The van der Waals surface area contributed by atoms with Crippen molar-refractivity contribution in [2.45, 2.75) is 16.9 Å². The summed E-state index contributed by atoms with van der Waals surface area (Å²) < 4.78 is 1.41. The van der Waals surface area contributed by atoms with Gasteiger partial charge in [-0.25, -0.2) is 19.9 Å². The summed E-state index contributed by atoms with van der Waals surface area (Å²) in [4.78, 5) is 19.5. The number of hydrogen-bond donors (Lipinski definition) is 2. The smallest absolute Gasteiger partial charge is 0.316 e. The third-order valence-electron chi connectivity index (χ3n) is 2.08. The van der Waals surface area contributed by atoms with Gasteiger partial charge in [0.1, 0.15) is 0 Å². The van der Waals surface area contributed by atoms with E-state index >= 15 is 0 Å². The summed E-state index contributed by atoms with van der Waals surface area (Å²) >= 11 is 1.24. The van der Waals surface area contributed by atoms with Gasteiger partial charge < -0.3 is 5.32 Å². The van der Waals surface area contributed by atoms with Gasteiger partial charge in [0.15, 0.2) is 10.3 Å². The Morgan fingerprint density at radius 1 is 1.47 bits per heavy atom. The van der Waals surface area contributed by atoms with Crippen LogP contribution in [0.2, 0.25) is 0 Å². The Labute approximate surface area is 102 Å². The van der Waals surface area contributed by atoms with E-state index in [4.69, 9.17) is 0 Å². The lowest BCUT2D eigenvalue weighted by atomic mass is 10.3. The van der Waals surface area contributed by atoms with Crippen molar-refractivity contribution in [2.24, 2.45) is 7.05 Å². The van der Waals surface area contributed by atoms with Gasteiger partial charge in [0.25, 0.3) is 0 Å².